The van der Waals surface area contributed by atoms with Gasteiger partial charge in [-0.15, -0.1) is 5.10 Å². The third kappa shape index (κ3) is 2.05. The number of phenolic OH excluding ortho intramolecular Hbond substituents is 1. The normalized spacial score (nSPS) is 10.3. The van der Waals surface area contributed by atoms with Crippen molar-refractivity contribution in [2.24, 2.45) is 0 Å². The van der Waals surface area contributed by atoms with E-state index < -0.39 is 0 Å². The second kappa shape index (κ2) is 3.82. The van der Waals surface area contributed by atoms with Gasteiger partial charge in [0, 0.05) is 5.56 Å². The molecule has 0 amide bonds. The average Bonchev–Trinajstić information content (AvgIpc) is 2.17. The highest BCUT2D eigenvalue weighted by Crippen LogP contribution is 2.24. The SMILES string of the molecule is Cc1cc(O)ccc1-c1cnnc(Cl)n1. The highest BCUT2D eigenvalue weighted by molar-refractivity contribution is 6.28. The Morgan fingerprint density at radius 3 is 2.80 bits per heavy atom. The summed E-state index contributed by atoms with van der Waals surface area (Å²) in [5.74, 6) is 0.226. The van der Waals surface area contributed by atoms with Crippen LogP contribution < -0.4 is 0 Å². The molecule has 5 heteroatoms. The van der Waals surface area contributed by atoms with E-state index in [0.29, 0.717) is 5.69 Å². The number of rotatable bonds is 1. The number of phenols is 1. The van der Waals surface area contributed by atoms with E-state index in [9.17, 15) is 5.11 Å². The number of benzene rings is 1. The van der Waals surface area contributed by atoms with Gasteiger partial charge < -0.3 is 5.11 Å². The van der Waals surface area contributed by atoms with Gasteiger partial charge in [0.25, 0.3) is 0 Å². The van der Waals surface area contributed by atoms with E-state index in [1.165, 1.54) is 6.20 Å². The van der Waals surface area contributed by atoms with E-state index in [0.717, 1.165) is 11.1 Å². The Hall–Kier alpha value is -1.68. The largest absolute Gasteiger partial charge is 0.508 e. The van der Waals surface area contributed by atoms with Crippen LogP contribution in [0.3, 0.4) is 0 Å². The Morgan fingerprint density at radius 1 is 1.33 bits per heavy atom. The van der Waals surface area contributed by atoms with Crippen molar-refractivity contribution < 1.29 is 5.11 Å². The molecule has 0 bridgehead atoms. The number of aromatic hydroxyl groups is 1. The lowest BCUT2D eigenvalue weighted by Crippen LogP contribution is -1.92. The maximum atomic E-state index is 9.26. The van der Waals surface area contributed by atoms with Crippen LogP contribution in [0, 0.1) is 6.92 Å². The van der Waals surface area contributed by atoms with Crippen LogP contribution in [0.25, 0.3) is 11.3 Å². The fourth-order valence-electron chi connectivity index (χ4n) is 1.35. The summed E-state index contributed by atoms with van der Waals surface area (Å²) in [6.45, 7) is 1.88. The van der Waals surface area contributed by atoms with Crippen molar-refractivity contribution in [3.05, 3.63) is 35.2 Å². The highest BCUT2D eigenvalue weighted by atomic mass is 35.5. The molecule has 1 aromatic carbocycles. The first-order chi connectivity index (χ1) is 7.16. The molecule has 2 rings (SSSR count). The molecule has 0 spiro atoms. The van der Waals surface area contributed by atoms with Crippen LogP contribution in [0.2, 0.25) is 5.28 Å². The molecule has 1 heterocycles. The zero-order chi connectivity index (χ0) is 10.8. The van der Waals surface area contributed by atoms with Crippen LogP contribution in [0.5, 0.6) is 5.75 Å². The van der Waals surface area contributed by atoms with Crippen LogP contribution >= 0.6 is 11.6 Å². The lowest BCUT2D eigenvalue weighted by atomic mass is 10.1. The topological polar surface area (TPSA) is 58.9 Å². The van der Waals surface area contributed by atoms with Gasteiger partial charge in [-0.05, 0) is 42.3 Å². The maximum absolute atomic E-state index is 9.26. The first-order valence-corrected chi connectivity index (χ1v) is 4.70. The third-order valence-corrected chi connectivity index (χ3v) is 2.18. The van der Waals surface area contributed by atoms with Gasteiger partial charge >= 0.3 is 0 Å². The number of halogens is 1. The molecule has 2 aromatic rings. The lowest BCUT2D eigenvalue weighted by molar-refractivity contribution is 0.475. The molecule has 0 radical (unpaired) electrons. The van der Waals surface area contributed by atoms with Gasteiger partial charge in [0.2, 0.25) is 5.28 Å². The number of nitrogens with zero attached hydrogens (tertiary/aromatic N) is 3. The second-order valence-electron chi connectivity index (χ2n) is 3.11. The second-order valence-corrected chi connectivity index (χ2v) is 3.45. The average molecular weight is 222 g/mol. The number of aryl methyl sites for hydroxylation is 1. The third-order valence-electron chi connectivity index (χ3n) is 2.02. The molecule has 0 aliphatic rings. The van der Waals surface area contributed by atoms with Gasteiger partial charge in [0.15, 0.2) is 0 Å². The van der Waals surface area contributed by atoms with Gasteiger partial charge in [-0.1, -0.05) is 0 Å². The molecular weight excluding hydrogens is 214 g/mol. The first kappa shape index (κ1) is 9.86. The molecule has 1 aromatic heterocycles. The van der Waals surface area contributed by atoms with E-state index >= 15 is 0 Å². The molecule has 76 valence electrons. The summed E-state index contributed by atoms with van der Waals surface area (Å²) in [7, 11) is 0. The summed E-state index contributed by atoms with van der Waals surface area (Å²) in [4.78, 5) is 4.04. The van der Waals surface area contributed by atoms with E-state index in [2.05, 4.69) is 15.2 Å². The minimum absolute atomic E-state index is 0.111. The summed E-state index contributed by atoms with van der Waals surface area (Å²) in [6, 6.07) is 5.02. The van der Waals surface area contributed by atoms with E-state index in [-0.39, 0.29) is 11.0 Å². The number of hydrogen-bond acceptors (Lipinski definition) is 4. The van der Waals surface area contributed by atoms with Crippen LogP contribution in [-0.4, -0.2) is 20.3 Å². The predicted molar refractivity (Wildman–Crippen MR) is 56.7 cm³/mol. The van der Waals surface area contributed by atoms with Gasteiger partial charge in [-0.2, -0.15) is 5.10 Å². The van der Waals surface area contributed by atoms with Crippen LogP contribution in [0.15, 0.2) is 24.4 Å². The Balaban J connectivity index is 2.54. The Morgan fingerprint density at radius 2 is 2.13 bits per heavy atom. The minimum atomic E-state index is 0.111. The van der Waals surface area contributed by atoms with Crippen LogP contribution in [-0.2, 0) is 0 Å². The quantitative estimate of drug-likeness (QED) is 0.802. The Bertz CT molecular complexity index is 502. The van der Waals surface area contributed by atoms with E-state index in [4.69, 9.17) is 11.6 Å². The summed E-state index contributed by atoms with van der Waals surface area (Å²) < 4.78 is 0. The monoisotopic (exact) mass is 221 g/mol. The Labute approximate surface area is 91.6 Å². The van der Waals surface area contributed by atoms with Crippen molar-refractivity contribution >= 4 is 11.6 Å². The summed E-state index contributed by atoms with van der Waals surface area (Å²) >= 11 is 5.64. The van der Waals surface area contributed by atoms with Crippen molar-refractivity contribution in [1.29, 1.82) is 0 Å². The van der Waals surface area contributed by atoms with Gasteiger partial charge in [-0.25, -0.2) is 4.98 Å². The highest BCUT2D eigenvalue weighted by Gasteiger charge is 2.05. The predicted octanol–water partition coefficient (Wildman–Crippen LogP) is 2.21. The molecular formula is C10H8ClN3O. The molecule has 0 saturated carbocycles. The number of hydrogen-bond donors (Lipinski definition) is 1. The zero-order valence-electron chi connectivity index (χ0n) is 7.98. The lowest BCUT2D eigenvalue weighted by Gasteiger charge is -2.04. The van der Waals surface area contributed by atoms with Crippen molar-refractivity contribution in [2.75, 3.05) is 0 Å². The summed E-state index contributed by atoms with van der Waals surface area (Å²) in [5, 5.41) is 16.7. The van der Waals surface area contributed by atoms with Crippen molar-refractivity contribution in [3.63, 3.8) is 0 Å². The maximum Gasteiger partial charge on any atom is 0.243 e. The fourth-order valence-corrected chi connectivity index (χ4v) is 1.48. The molecule has 15 heavy (non-hydrogen) atoms. The van der Waals surface area contributed by atoms with E-state index in [1.807, 2.05) is 6.92 Å². The molecule has 4 nitrogen and oxygen atoms in total. The van der Waals surface area contributed by atoms with Crippen molar-refractivity contribution in [2.45, 2.75) is 6.92 Å². The first-order valence-electron chi connectivity index (χ1n) is 4.32. The molecule has 0 unspecified atom stereocenters. The van der Waals surface area contributed by atoms with E-state index in [1.54, 1.807) is 18.2 Å². The molecule has 0 atom stereocenters. The minimum Gasteiger partial charge on any atom is -0.508 e. The van der Waals surface area contributed by atoms with Gasteiger partial charge in [0.05, 0.1) is 11.9 Å². The zero-order valence-corrected chi connectivity index (χ0v) is 8.73. The molecule has 0 fully saturated rings. The molecule has 0 aliphatic carbocycles. The standard InChI is InChI=1S/C10H8ClN3O/c1-6-4-7(15)2-3-8(6)9-5-12-14-10(11)13-9/h2-5,15H,1H3. The summed E-state index contributed by atoms with van der Waals surface area (Å²) in [5.41, 5.74) is 2.43. The number of aromatic nitrogens is 3. The fraction of sp³-hybridized carbons (Fsp3) is 0.100. The summed E-state index contributed by atoms with van der Waals surface area (Å²) in [6.07, 6.45) is 1.53. The van der Waals surface area contributed by atoms with Gasteiger partial charge in [-0.3, -0.25) is 0 Å². The van der Waals surface area contributed by atoms with Crippen LogP contribution in [0.1, 0.15) is 5.56 Å². The molecule has 0 saturated heterocycles. The van der Waals surface area contributed by atoms with Crippen LogP contribution in [0.4, 0.5) is 0 Å². The smallest absolute Gasteiger partial charge is 0.243 e. The molecule has 1 N–H and O–H groups in total. The Kier molecular flexibility index (Phi) is 2.51. The van der Waals surface area contributed by atoms with Gasteiger partial charge in [0.1, 0.15) is 5.75 Å². The van der Waals surface area contributed by atoms with Crippen molar-refractivity contribution in [1.82, 2.24) is 15.2 Å². The van der Waals surface area contributed by atoms with Crippen molar-refractivity contribution in [3.8, 4) is 17.0 Å². The molecule has 0 aliphatic heterocycles.